The van der Waals surface area contributed by atoms with Crippen LogP contribution >= 0.6 is 24.0 Å². The van der Waals surface area contributed by atoms with Crippen molar-refractivity contribution in [3.8, 4) is 0 Å². The molecule has 1 heterocycles. The van der Waals surface area contributed by atoms with Gasteiger partial charge < -0.3 is 10.6 Å². The summed E-state index contributed by atoms with van der Waals surface area (Å²) >= 11 is 0. The van der Waals surface area contributed by atoms with E-state index in [1.165, 1.54) is 11.9 Å². The van der Waals surface area contributed by atoms with Crippen molar-refractivity contribution in [2.75, 3.05) is 40.3 Å². The Kier molecular flexibility index (Phi) is 10.9. The Morgan fingerprint density at radius 3 is 2.52 bits per heavy atom. The Balaban J connectivity index is 0.00000484. The lowest BCUT2D eigenvalue weighted by atomic mass is 10.3. The molecule has 1 rings (SSSR count). The smallest absolute Gasteiger partial charge is 0.356 e. The van der Waals surface area contributed by atoms with E-state index in [-0.39, 0.29) is 30.5 Å². The van der Waals surface area contributed by atoms with Crippen LogP contribution in [0.1, 0.15) is 5.69 Å². The molecule has 0 unspecified atom stereocenters. The molecule has 9 heteroatoms. The predicted molar refractivity (Wildman–Crippen MR) is 96.3 cm³/mol. The van der Waals surface area contributed by atoms with Crippen molar-refractivity contribution in [2.45, 2.75) is 12.6 Å². The minimum atomic E-state index is -4.17. The monoisotopic (exact) mass is 445 g/mol. The average molecular weight is 445 g/mol. The number of aromatic nitrogens is 1. The normalized spacial score (nSPS) is 12.0. The van der Waals surface area contributed by atoms with Crippen molar-refractivity contribution in [2.24, 2.45) is 4.99 Å². The molecule has 132 valence electrons. The van der Waals surface area contributed by atoms with Gasteiger partial charge in [0.05, 0.1) is 6.54 Å². The van der Waals surface area contributed by atoms with Crippen LogP contribution in [0, 0.1) is 0 Å². The van der Waals surface area contributed by atoms with Crippen molar-refractivity contribution in [3.63, 3.8) is 0 Å². The van der Waals surface area contributed by atoms with Gasteiger partial charge in [-0.1, -0.05) is 6.07 Å². The summed E-state index contributed by atoms with van der Waals surface area (Å²) in [5.74, 6) is 0.566. The Hall–Kier alpha value is -1.10. The van der Waals surface area contributed by atoms with Crippen molar-refractivity contribution in [1.82, 2.24) is 20.5 Å². The van der Waals surface area contributed by atoms with Crippen LogP contribution in [-0.4, -0.2) is 62.3 Å². The lowest BCUT2D eigenvalue weighted by molar-refractivity contribution is -0.142. The summed E-state index contributed by atoms with van der Waals surface area (Å²) in [6.07, 6.45) is -1.69. The summed E-state index contributed by atoms with van der Waals surface area (Å²) in [6.45, 7) is 0.395. The van der Waals surface area contributed by atoms with Crippen LogP contribution in [0.3, 0.4) is 0 Å². The second kappa shape index (κ2) is 11.4. The Labute approximate surface area is 151 Å². The van der Waals surface area contributed by atoms with Gasteiger partial charge in [0, 0.05) is 45.0 Å². The number of likely N-dealkylation sites (N-methyl/N-ethyl adjacent to an activating group) is 1. The molecule has 0 bridgehead atoms. The van der Waals surface area contributed by atoms with Crippen LogP contribution < -0.4 is 10.6 Å². The SMILES string of the molecule is CN=C(NCCc1ccccn1)NCCN(C)CC(F)(F)F.I. The van der Waals surface area contributed by atoms with Gasteiger partial charge in [0.15, 0.2) is 5.96 Å². The zero-order valence-corrected chi connectivity index (χ0v) is 15.6. The number of guanidine groups is 1. The number of aliphatic imine (C=N–C) groups is 1. The second-order valence-electron chi connectivity index (χ2n) is 4.85. The molecule has 0 saturated carbocycles. The number of pyridine rings is 1. The van der Waals surface area contributed by atoms with E-state index in [4.69, 9.17) is 0 Å². The fourth-order valence-corrected chi connectivity index (χ4v) is 1.83. The van der Waals surface area contributed by atoms with Gasteiger partial charge in [-0.15, -0.1) is 24.0 Å². The number of hydrogen-bond acceptors (Lipinski definition) is 3. The molecule has 5 nitrogen and oxygen atoms in total. The van der Waals surface area contributed by atoms with E-state index in [1.807, 2.05) is 18.2 Å². The number of nitrogens with one attached hydrogen (secondary N) is 2. The maximum absolute atomic E-state index is 12.2. The van der Waals surface area contributed by atoms with Gasteiger partial charge >= 0.3 is 6.18 Å². The number of alkyl halides is 3. The van der Waals surface area contributed by atoms with E-state index in [1.54, 1.807) is 13.2 Å². The van der Waals surface area contributed by atoms with E-state index >= 15 is 0 Å². The molecule has 0 aliphatic rings. The molecule has 2 N–H and O–H groups in total. The largest absolute Gasteiger partial charge is 0.401 e. The molecule has 1 aromatic heterocycles. The molecule has 0 aliphatic carbocycles. The number of hydrogen-bond donors (Lipinski definition) is 2. The summed E-state index contributed by atoms with van der Waals surface area (Å²) in [4.78, 5) is 9.45. The summed E-state index contributed by atoms with van der Waals surface area (Å²) in [6, 6.07) is 5.71. The molecule has 0 amide bonds. The predicted octanol–water partition coefficient (Wildman–Crippen LogP) is 1.90. The third kappa shape index (κ3) is 11.1. The number of rotatable bonds is 7. The molecule has 0 spiro atoms. The zero-order valence-electron chi connectivity index (χ0n) is 13.2. The number of nitrogens with zero attached hydrogens (tertiary/aromatic N) is 3. The van der Waals surface area contributed by atoms with Gasteiger partial charge in [-0.05, 0) is 19.2 Å². The van der Waals surface area contributed by atoms with Gasteiger partial charge in [0.1, 0.15) is 0 Å². The Morgan fingerprint density at radius 2 is 1.96 bits per heavy atom. The molecule has 1 aromatic rings. The first-order chi connectivity index (χ1) is 10.4. The Morgan fingerprint density at radius 1 is 1.26 bits per heavy atom. The molecule has 0 saturated heterocycles. The summed E-state index contributed by atoms with van der Waals surface area (Å²) < 4.78 is 36.5. The first kappa shape index (κ1) is 21.9. The topological polar surface area (TPSA) is 52.6 Å². The first-order valence-corrected chi connectivity index (χ1v) is 7.00. The molecule has 0 radical (unpaired) electrons. The fourth-order valence-electron chi connectivity index (χ4n) is 1.83. The first-order valence-electron chi connectivity index (χ1n) is 7.00. The van der Waals surface area contributed by atoms with E-state index in [0.29, 0.717) is 19.0 Å². The highest BCUT2D eigenvalue weighted by Crippen LogP contribution is 2.14. The Bertz CT molecular complexity index is 453. The average Bonchev–Trinajstić information content (AvgIpc) is 2.45. The third-order valence-electron chi connectivity index (χ3n) is 2.86. The van der Waals surface area contributed by atoms with E-state index in [2.05, 4.69) is 20.6 Å². The highest BCUT2D eigenvalue weighted by atomic mass is 127. The van der Waals surface area contributed by atoms with Crippen LogP contribution in [0.25, 0.3) is 0 Å². The summed E-state index contributed by atoms with van der Waals surface area (Å²) in [5.41, 5.74) is 0.968. The van der Waals surface area contributed by atoms with Crippen molar-refractivity contribution >= 4 is 29.9 Å². The number of halogens is 4. The fraction of sp³-hybridized carbons (Fsp3) is 0.571. The van der Waals surface area contributed by atoms with E-state index < -0.39 is 12.7 Å². The van der Waals surface area contributed by atoms with Crippen molar-refractivity contribution in [3.05, 3.63) is 30.1 Å². The summed E-state index contributed by atoms with van der Waals surface area (Å²) in [7, 11) is 3.06. The van der Waals surface area contributed by atoms with Crippen molar-refractivity contribution in [1.29, 1.82) is 0 Å². The zero-order chi connectivity index (χ0) is 16.4. The van der Waals surface area contributed by atoms with Gasteiger partial charge in [-0.3, -0.25) is 14.9 Å². The lowest BCUT2D eigenvalue weighted by Gasteiger charge is -2.19. The molecule has 0 aliphatic heterocycles. The highest BCUT2D eigenvalue weighted by molar-refractivity contribution is 14.0. The minimum absolute atomic E-state index is 0. The quantitative estimate of drug-likeness (QED) is 0.383. The van der Waals surface area contributed by atoms with Gasteiger partial charge in [0.25, 0.3) is 0 Å². The molecule has 0 aromatic carbocycles. The molecule has 23 heavy (non-hydrogen) atoms. The molecular formula is C14H23F3IN5. The van der Waals surface area contributed by atoms with Crippen LogP contribution in [0.2, 0.25) is 0 Å². The molecular weight excluding hydrogens is 422 g/mol. The third-order valence-corrected chi connectivity index (χ3v) is 2.86. The van der Waals surface area contributed by atoms with Gasteiger partial charge in [-0.25, -0.2) is 0 Å². The van der Waals surface area contributed by atoms with Crippen LogP contribution in [0.5, 0.6) is 0 Å². The van der Waals surface area contributed by atoms with Crippen LogP contribution in [0.4, 0.5) is 13.2 Å². The molecule has 0 atom stereocenters. The maximum Gasteiger partial charge on any atom is 0.401 e. The highest BCUT2D eigenvalue weighted by Gasteiger charge is 2.28. The second-order valence-corrected chi connectivity index (χ2v) is 4.85. The minimum Gasteiger partial charge on any atom is -0.356 e. The maximum atomic E-state index is 12.2. The van der Waals surface area contributed by atoms with Gasteiger partial charge in [0.2, 0.25) is 0 Å². The lowest BCUT2D eigenvalue weighted by Crippen LogP contribution is -2.43. The van der Waals surface area contributed by atoms with Gasteiger partial charge in [-0.2, -0.15) is 13.2 Å². The van der Waals surface area contributed by atoms with Crippen LogP contribution in [-0.2, 0) is 6.42 Å². The van der Waals surface area contributed by atoms with E-state index in [9.17, 15) is 13.2 Å². The summed E-state index contributed by atoms with van der Waals surface area (Å²) in [5, 5.41) is 6.08. The van der Waals surface area contributed by atoms with Crippen LogP contribution in [0.15, 0.2) is 29.4 Å². The van der Waals surface area contributed by atoms with Crippen molar-refractivity contribution < 1.29 is 13.2 Å². The standard InChI is InChI=1S/C14H22F3N5.HI/c1-18-13(20-8-6-12-5-3-4-7-19-12)21-9-10-22(2)11-14(15,16)17;/h3-5,7H,6,8-11H2,1-2H3,(H2,18,20,21);1H. The van der Waals surface area contributed by atoms with E-state index in [0.717, 1.165) is 12.1 Å². The molecule has 0 fully saturated rings.